The fourth-order valence-corrected chi connectivity index (χ4v) is 2.20. The summed E-state index contributed by atoms with van der Waals surface area (Å²) < 4.78 is 19.3. The van der Waals surface area contributed by atoms with Crippen molar-refractivity contribution in [2.75, 3.05) is 11.1 Å². The average molecular weight is 275 g/mol. The Morgan fingerprint density at radius 1 is 0.947 bits per heavy atom. The Morgan fingerprint density at radius 2 is 1.63 bits per heavy atom. The molecule has 0 radical (unpaired) electrons. The van der Waals surface area contributed by atoms with Gasteiger partial charge in [0.05, 0.1) is 5.75 Å². The van der Waals surface area contributed by atoms with Crippen molar-refractivity contribution < 1.29 is 8.76 Å². The van der Waals surface area contributed by atoms with Gasteiger partial charge in [0.25, 0.3) is 0 Å². The van der Waals surface area contributed by atoms with Gasteiger partial charge < -0.3 is 9.87 Å². The molecule has 19 heavy (non-hydrogen) atoms. The van der Waals surface area contributed by atoms with Gasteiger partial charge in [0, 0.05) is 12.2 Å². The van der Waals surface area contributed by atoms with E-state index in [4.69, 9.17) is 4.55 Å². The van der Waals surface area contributed by atoms with Gasteiger partial charge in [0.15, 0.2) is 11.1 Å². The van der Waals surface area contributed by atoms with Gasteiger partial charge in [-0.05, 0) is 29.7 Å². The molecule has 0 spiro atoms. The highest BCUT2D eigenvalue weighted by Gasteiger charge is 1.98. The van der Waals surface area contributed by atoms with Gasteiger partial charge in [0.1, 0.15) is 0 Å². The minimum Gasteiger partial charge on any atom is -0.381 e. The van der Waals surface area contributed by atoms with Crippen LogP contribution in [0.5, 0.6) is 0 Å². The number of anilines is 1. The lowest BCUT2D eigenvalue weighted by Crippen LogP contribution is -2.01. The van der Waals surface area contributed by atoms with Crippen LogP contribution in [0.1, 0.15) is 11.1 Å². The van der Waals surface area contributed by atoms with Crippen molar-refractivity contribution in [3.05, 3.63) is 65.7 Å². The van der Waals surface area contributed by atoms with Crippen LogP contribution in [0, 0.1) is 0 Å². The highest BCUT2D eigenvalue weighted by atomic mass is 32.2. The summed E-state index contributed by atoms with van der Waals surface area (Å²) in [4.78, 5) is 0. The summed E-state index contributed by atoms with van der Waals surface area (Å²) in [6, 6.07) is 18.2. The molecule has 0 saturated heterocycles. The minimum atomic E-state index is -1.72. The lowest BCUT2D eigenvalue weighted by atomic mass is 10.1. The third kappa shape index (κ3) is 4.85. The number of aryl methyl sites for hydroxylation is 1. The van der Waals surface area contributed by atoms with E-state index in [1.165, 1.54) is 5.56 Å². The lowest BCUT2D eigenvalue weighted by Gasteiger charge is -2.07. The number of hydrogen-bond donors (Lipinski definition) is 2. The molecule has 4 heteroatoms. The number of nitrogens with one attached hydrogen (secondary N) is 1. The van der Waals surface area contributed by atoms with E-state index in [1.807, 2.05) is 42.5 Å². The summed E-state index contributed by atoms with van der Waals surface area (Å²) in [7, 11) is 0. The van der Waals surface area contributed by atoms with Gasteiger partial charge in [-0.1, -0.05) is 42.5 Å². The Labute approximate surface area is 116 Å². The third-order valence-corrected chi connectivity index (χ3v) is 3.41. The maximum Gasteiger partial charge on any atom is 0.153 e. The summed E-state index contributed by atoms with van der Waals surface area (Å²) in [5, 5.41) is 3.34. The van der Waals surface area contributed by atoms with E-state index in [0.717, 1.165) is 17.8 Å². The lowest BCUT2D eigenvalue weighted by molar-refractivity contribution is 0.563. The SMILES string of the molecule is O=S(O)CCc1ccc(NCc2ccccc2)cc1. The zero-order chi connectivity index (χ0) is 13.5. The standard InChI is InChI=1S/C15H17NO2S/c17-19(18)11-10-13-6-8-15(9-7-13)16-12-14-4-2-1-3-5-14/h1-9,16H,10-12H2,(H,17,18). The van der Waals surface area contributed by atoms with Crippen LogP contribution < -0.4 is 5.32 Å². The second-order valence-electron chi connectivity index (χ2n) is 4.31. The van der Waals surface area contributed by atoms with Crippen LogP contribution in [0.4, 0.5) is 5.69 Å². The van der Waals surface area contributed by atoms with E-state index in [1.54, 1.807) is 0 Å². The molecule has 0 heterocycles. The van der Waals surface area contributed by atoms with E-state index in [0.29, 0.717) is 6.42 Å². The van der Waals surface area contributed by atoms with Crippen LogP contribution in [0.3, 0.4) is 0 Å². The number of hydrogen-bond acceptors (Lipinski definition) is 2. The molecule has 0 saturated carbocycles. The van der Waals surface area contributed by atoms with Gasteiger partial charge >= 0.3 is 0 Å². The first-order valence-corrected chi connectivity index (χ1v) is 7.46. The Balaban J connectivity index is 1.86. The molecule has 2 rings (SSSR count). The van der Waals surface area contributed by atoms with Gasteiger partial charge in [-0.25, -0.2) is 4.21 Å². The van der Waals surface area contributed by atoms with Gasteiger partial charge in [-0.15, -0.1) is 0 Å². The summed E-state index contributed by atoms with van der Waals surface area (Å²) in [5.41, 5.74) is 3.37. The first kappa shape index (κ1) is 13.8. The quantitative estimate of drug-likeness (QED) is 0.797. The van der Waals surface area contributed by atoms with Crippen molar-refractivity contribution in [1.82, 2.24) is 0 Å². The van der Waals surface area contributed by atoms with Crippen LogP contribution in [-0.2, 0) is 24.0 Å². The zero-order valence-corrected chi connectivity index (χ0v) is 11.4. The summed E-state index contributed by atoms with van der Waals surface area (Å²) in [5.74, 6) is 0.288. The van der Waals surface area contributed by atoms with E-state index in [-0.39, 0.29) is 5.75 Å². The van der Waals surface area contributed by atoms with Crippen LogP contribution in [0.2, 0.25) is 0 Å². The predicted molar refractivity (Wildman–Crippen MR) is 79.6 cm³/mol. The van der Waals surface area contributed by atoms with Gasteiger partial charge in [-0.2, -0.15) is 0 Å². The van der Waals surface area contributed by atoms with Crippen molar-refractivity contribution in [2.24, 2.45) is 0 Å². The van der Waals surface area contributed by atoms with Crippen molar-refractivity contribution in [3.63, 3.8) is 0 Å². The molecule has 1 unspecified atom stereocenters. The molecular weight excluding hydrogens is 258 g/mol. The Hall–Kier alpha value is -1.65. The Bertz CT molecular complexity index is 526. The molecule has 100 valence electrons. The van der Waals surface area contributed by atoms with Crippen molar-refractivity contribution in [3.8, 4) is 0 Å². The second kappa shape index (κ2) is 7.07. The molecule has 0 bridgehead atoms. The molecule has 1 atom stereocenters. The maximum atomic E-state index is 10.6. The topological polar surface area (TPSA) is 49.3 Å². The van der Waals surface area contributed by atoms with E-state index < -0.39 is 11.1 Å². The van der Waals surface area contributed by atoms with Crippen molar-refractivity contribution >= 4 is 16.8 Å². The van der Waals surface area contributed by atoms with Crippen molar-refractivity contribution in [1.29, 1.82) is 0 Å². The molecule has 0 aliphatic carbocycles. The monoisotopic (exact) mass is 275 g/mol. The first-order valence-electron chi connectivity index (χ1n) is 6.18. The molecule has 0 amide bonds. The van der Waals surface area contributed by atoms with Gasteiger partial charge in [-0.3, -0.25) is 0 Å². The number of benzene rings is 2. The smallest absolute Gasteiger partial charge is 0.153 e. The largest absolute Gasteiger partial charge is 0.381 e. The fourth-order valence-electron chi connectivity index (χ4n) is 1.79. The molecular formula is C15H17NO2S. The second-order valence-corrected chi connectivity index (χ2v) is 5.36. The van der Waals surface area contributed by atoms with Crippen LogP contribution in [0.25, 0.3) is 0 Å². The molecule has 0 aliphatic heterocycles. The molecule has 2 aromatic carbocycles. The molecule has 3 nitrogen and oxygen atoms in total. The van der Waals surface area contributed by atoms with Gasteiger partial charge in [0.2, 0.25) is 0 Å². The number of rotatable bonds is 6. The van der Waals surface area contributed by atoms with Crippen LogP contribution in [-0.4, -0.2) is 14.5 Å². The summed E-state index contributed by atoms with van der Waals surface area (Å²) in [6.07, 6.45) is 0.627. The normalized spacial score (nSPS) is 12.1. The highest BCUT2D eigenvalue weighted by Crippen LogP contribution is 2.12. The Kier molecular flexibility index (Phi) is 5.12. The fraction of sp³-hybridized carbons (Fsp3) is 0.200. The van der Waals surface area contributed by atoms with Crippen molar-refractivity contribution in [2.45, 2.75) is 13.0 Å². The molecule has 2 aromatic rings. The van der Waals surface area contributed by atoms with Crippen LogP contribution in [0.15, 0.2) is 54.6 Å². The third-order valence-electron chi connectivity index (χ3n) is 2.86. The molecule has 0 fully saturated rings. The highest BCUT2D eigenvalue weighted by molar-refractivity contribution is 7.79. The summed E-state index contributed by atoms with van der Waals surface area (Å²) in [6.45, 7) is 0.793. The minimum absolute atomic E-state index is 0.288. The first-order chi connectivity index (χ1) is 9.24. The zero-order valence-electron chi connectivity index (χ0n) is 10.6. The van der Waals surface area contributed by atoms with E-state index in [2.05, 4.69) is 17.4 Å². The molecule has 0 aromatic heterocycles. The summed E-state index contributed by atoms with van der Waals surface area (Å²) >= 11 is -1.72. The molecule has 2 N–H and O–H groups in total. The molecule has 0 aliphatic rings. The Morgan fingerprint density at radius 3 is 2.26 bits per heavy atom. The average Bonchev–Trinajstić information content (AvgIpc) is 2.45. The predicted octanol–water partition coefficient (Wildman–Crippen LogP) is 3.06. The van der Waals surface area contributed by atoms with E-state index in [9.17, 15) is 4.21 Å². The van der Waals surface area contributed by atoms with Crippen LogP contribution >= 0.6 is 0 Å². The maximum absolute atomic E-state index is 10.6. The van der Waals surface area contributed by atoms with E-state index >= 15 is 0 Å².